The first-order chi connectivity index (χ1) is 6.27. The van der Waals surface area contributed by atoms with Gasteiger partial charge < -0.3 is 5.11 Å². The molecule has 0 spiro atoms. The van der Waals surface area contributed by atoms with Gasteiger partial charge in [0.15, 0.2) is 0 Å². The maximum atomic E-state index is 9.87. The number of likely N-dealkylation sites (tertiary alicyclic amines) is 1. The minimum absolute atomic E-state index is 0.0425. The van der Waals surface area contributed by atoms with Gasteiger partial charge in [-0.15, -0.1) is 0 Å². The predicted molar refractivity (Wildman–Crippen MR) is 53.6 cm³/mol. The van der Waals surface area contributed by atoms with E-state index < -0.39 is 0 Å². The minimum atomic E-state index is -0.0425. The van der Waals surface area contributed by atoms with E-state index in [2.05, 4.69) is 11.8 Å². The quantitative estimate of drug-likeness (QED) is 0.668. The van der Waals surface area contributed by atoms with E-state index >= 15 is 0 Å². The standard InChI is InChI=1S/C11H21NO/c1-9-6-7-12(8-9)10-4-2-3-5-11(10)13/h9-11,13H,2-8H2,1H3. The Kier molecular flexibility index (Phi) is 2.89. The van der Waals surface area contributed by atoms with Crippen LogP contribution in [0.15, 0.2) is 0 Å². The number of hydrogen-bond donors (Lipinski definition) is 1. The summed E-state index contributed by atoms with van der Waals surface area (Å²) in [5.41, 5.74) is 0. The molecule has 2 rings (SSSR count). The Morgan fingerprint density at radius 3 is 2.54 bits per heavy atom. The Morgan fingerprint density at radius 2 is 1.92 bits per heavy atom. The van der Waals surface area contributed by atoms with E-state index in [1.54, 1.807) is 0 Å². The summed E-state index contributed by atoms with van der Waals surface area (Å²) in [4.78, 5) is 2.51. The Morgan fingerprint density at radius 1 is 1.15 bits per heavy atom. The zero-order valence-electron chi connectivity index (χ0n) is 8.58. The highest BCUT2D eigenvalue weighted by atomic mass is 16.3. The van der Waals surface area contributed by atoms with E-state index in [0.717, 1.165) is 12.3 Å². The van der Waals surface area contributed by atoms with Crippen molar-refractivity contribution in [1.29, 1.82) is 0 Å². The molecule has 3 unspecified atom stereocenters. The molecule has 2 heteroatoms. The molecule has 0 aromatic heterocycles. The molecule has 1 N–H and O–H groups in total. The third-order valence-electron chi connectivity index (χ3n) is 3.62. The van der Waals surface area contributed by atoms with Crippen LogP contribution in [0.2, 0.25) is 0 Å². The predicted octanol–water partition coefficient (Wildman–Crippen LogP) is 1.63. The highest BCUT2D eigenvalue weighted by Gasteiger charge is 2.32. The van der Waals surface area contributed by atoms with E-state index in [1.165, 1.54) is 38.8 Å². The fourth-order valence-electron chi connectivity index (χ4n) is 2.79. The SMILES string of the molecule is CC1CCN(C2CCCCC2O)C1. The lowest BCUT2D eigenvalue weighted by Gasteiger charge is -2.35. The van der Waals surface area contributed by atoms with Gasteiger partial charge in [0.25, 0.3) is 0 Å². The van der Waals surface area contributed by atoms with Gasteiger partial charge in [-0.1, -0.05) is 19.8 Å². The molecule has 1 aliphatic carbocycles. The Hall–Kier alpha value is -0.0800. The molecular weight excluding hydrogens is 162 g/mol. The summed E-state index contributed by atoms with van der Waals surface area (Å²) in [6.45, 7) is 4.74. The summed E-state index contributed by atoms with van der Waals surface area (Å²) in [6, 6.07) is 0.485. The smallest absolute Gasteiger partial charge is 0.0695 e. The summed E-state index contributed by atoms with van der Waals surface area (Å²) in [5, 5.41) is 9.87. The van der Waals surface area contributed by atoms with E-state index in [0.29, 0.717) is 6.04 Å². The number of aliphatic hydroxyl groups is 1. The molecule has 0 bridgehead atoms. The number of rotatable bonds is 1. The summed E-state index contributed by atoms with van der Waals surface area (Å²) < 4.78 is 0. The third kappa shape index (κ3) is 2.05. The topological polar surface area (TPSA) is 23.5 Å². The molecule has 1 aliphatic heterocycles. The van der Waals surface area contributed by atoms with Gasteiger partial charge in [-0.05, 0) is 31.7 Å². The van der Waals surface area contributed by atoms with Crippen molar-refractivity contribution in [2.75, 3.05) is 13.1 Å². The zero-order chi connectivity index (χ0) is 9.26. The van der Waals surface area contributed by atoms with Crippen LogP contribution in [0.1, 0.15) is 39.0 Å². The van der Waals surface area contributed by atoms with Crippen molar-refractivity contribution in [3.63, 3.8) is 0 Å². The van der Waals surface area contributed by atoms with Crippen molar-refractivity contribution < 1.29 is 5.11 Å². The highest BCUT2D eigenvalue weighted by Crippen LogP contribution is 2.27. The van der Waals surface area contributed by atoms with E-state index in [9.17, 15) is 5.11 Å². The van der Waals surface area contributed by atoms with Crippen LogP contribution in [0.25, 0.3) is 0 Å². The summed E-state index contributed by atoms with van der Waals surface area (Å²) in [5.74, 6) is 0.842. The Balaban J connectivity index is 1.91. The van der Waals surface area contributed by atoms with Crippen LogP contribution < -0.4 is 0 Å². The van der Waals surface area contributed by atoms with Crippen LogP contribution in [0, 0.1) is 5.92 Å². The van der Waals surface area contributed by atoms with Crippen molar-refractivity contribution >= 4 is 0 Å². The lowest BCUT2D eigenvalue weighted by molar-refractivity contribution is 0.0297. The number of nitrogens with zero attached hydrogens (tertiary/aromatic N) is 1. The summed E-state index contributed by atoms with van der Waals surface area (Å²) >= 11 is 0. The molecule has 1 heterocycles. The molecule has 0 amide bonds. The lowest BCUT2D eigenvalue weighted by Crippen LogP contribution is -2.44. The highest BCUT2D eigenvalue weighted by molar-refractivity contribution is 4.86. The van der Waals surface area contributed by atoms with Gasteiger partial charge >= 0.3 is 0 Å². The van der Waals surface area contributed by atoms with Crippen molar-refractivity contribution in [2.45, 2.75) is 51.2 Å². The molecule has 76 valence electrons. The Labute approximate surface area is 80.9 Å². The zero-order valence-corrected chi connectivity index (χ0v) is 8.58. The third-order valence-corrected chi connectivity index (χ3v) is 3.62. The normalized spacial score (nSPS) is 42.5. The second-order valence-electron chi connectivity index (χ2n) is 4.81. The summed E-state index contributed by atoms with van der Waals surface area (Å²) in [7, 11) is 0. The fraction of sp³-hybridized carbons (Fsp3) is 1.00. The minimum Gasteiger partial charge on any atom is -0.391 e. The van der Waals surface area contributed by atoms with Gasteiger partial charge in [-0.3, -0.25) is 4.90 Å². The van der Waals surface area contributed by atoms with Gasteiger partial charge in [0.1, 0.15) is 0 Å². The molecule has 3 atom stereocenters. The lowest BCUT2D eigenvalue weighted by atomic mass is 9.91. The van der Waals surface area contributed by atoms with Crippen molar-refractivity contribution in [1.82, 2.24) is 4.90 Å². The first-order valence-corrected chi connectivity index (χ1v) is 5.69. The van der Waals surface area contributed by atoms with Crippen molar-refractivity contribution in [3.8, 4) is 0 Å². The molecule has 13 heavy (non-hydrogen) atoms. The molecular formula is C11H21NO. The molecule has 0 aromatic rings. The van der Waals surface area contributed by atoms with Crippen LogP contribution in [-0.2, 0) is 0 Å². The van der Waals surface area contributed by atoms with Crippen LogP contribution >= 0.6 is 0 Å². The average Bonchev–Trinajstić information content (AvgIpc) is 2.53. The van der Waals surface area contributed by atoms with E-state index in [1.807, 2.05) is 0 Å². The molecule has 0 radical (unpaired) electrons. The fourth-order valence-corrected chi connectivity index (χ4v) is 2.79. The first-order valence-electron chi connectivity index (χ1n) is 5.69. The van der Waals surface area contributed by atoms with Crippen molar-refractivity contribution in [3.05, 3.63) is 0 Å². The maximum Gasteiger partial charge on any atom is 0.0695 e. The molecule has 1 saturated heterocycles. The first kappa shape index (κ1) is 9.47. The van der Waals surface area contributed by atoms with Crippen LogP contribution in [0.4, 0.5) is 0 Å². The maximum absolute atomic E-state index is 9.87. The van der Waals surface area contributed by atoms with Gasteiger partial charge in [0.2, 0.25) is 0 Å². The average molecular weight is 183 g/mol. The van der Waals surface area contributed by atoms with Gasteiger partial charge in [0.05, 0.1) is 6.10 Å². The van der Waals surface area contributed by atoms with E-state index in [4.69, 9.17) is 0 Å². The van der Waals surface area contributed by atoms with Crippen LogP contribution in [0.5, 0.6) is 0 Å². The molecule has 2 aliphatic rings. The van der Waals surface area contributed by atoms with Crippen molar-refractivity contribution in [2.24, 2.45) is 5.92 Å². The second-order valence-corrected chi connectivity index (χ2v) is 4.81. The van der Waals surface area contributed by atoms with Gasteiger partial charge in [-0.2, -0.15) is 0 Å². The molecule has 0 aromatic carbocycles. The van der Waals surface area contributed by atoms with Crippen LogP contribution in [-0.4, -0.2) is 35.2 Å². The monoisotopic (exact) mass is 183 g/mol. The molecule has 1 saturated carbocycles. The summed E-state index contributed by atoms with van der Waals surface area (Å²) in [6.07, 6.45) is 6.05. The van der Waals surface area contributed by atoms with Gasteiger partial charge in [-0.25, -0.2) is 0 Å². The number of aliphatic hydroxyl groups excluding tert-OH is 1. The van der Waals surface area contributed by atoms with Gasteiger partial charge in [0, 0.05) is 12.6 Å². The number of hydrogen-bond acceptors (Lipinski definition) is 2. The molecule has 2 fully saturated rings. The van der Waals surface area contributed by atoms with Crippen LogP contribution in [0.3, 0.4) is 0 Å². The Bertz CT molecular complexity index is 171. The largest absolute Gasteiger partial charge is 0.391 e. The van der Waals surface area contributed by atoms with E-state index in [-0.39, 0.29) is 6.10 Å². The molecule has 2 nitrogen and oxygen atoms in total. The second kappa shape index (κ2) is 3.97.